The van der Waals surface area contributed by atoms with Gasteiger partial charge in [0.05, 0.1) is 19.1 Å². The van der Waals surface area contributed by atoms with Crippen molar-refractivity contribution in [3.8, 4) is 11.5 Å². The van der Waals surface area contributed by atoms with Crippen molar-refractivity contribution in [2.45, 2.75) is 50.8 Å². The van der Waals surface area contributed by atoms with Crippen molar-refractivity contribution in [2.24, 2.45) is 7.05 Å². The minimum Gasteiger partial charge on any atom is -0.493 e. The quantitative estimate of drug-likeness (QED) is 0.354. The number of para-hydroxylation sites is 1. The predicted octanol–water partition coefficient (Wildman–Crippen LogP) is 3.31. The van der Waals surface area contributed by atoms with E-state index in [-0.39, 0.29) is 31.0 Å². The molecule has 1 aromatic heterocycles. The van der Waals surface area contributed by atoms with Gasteiger partial charge >= 0.3 is 0 Å². The number of hydrogen-bond acceptors (Lipinski definition) is 7. The Bertz CT molecular complexity index is 1570. The second-order valence-corrected chi connectivity index (χ2v) is 13.3. The van der Waals surface area contributed by atoms with Crippen LogP contribution in [0.1, 0.15) is 69.3 Å². The van der Waals surface area contributed by atoms with Gasteiger partial charge in [-0.05, 0) is 55.5 Å². The normalized spacial score (nSPS) is 16.1. The van der Waals surface area contributed by atoms with E-state index in [0.29, 0.717) is 54.6 Å². The summed E-state index contributed by atoms with van der Waals surface area (Å²) >= 11 is 0. The molecule has 11 nitrogen and oxygen atoms in total. The number of ether oxygens (including phenoxy) is 2. The van der Waals surface area contributed by atoms with Crippen LogP contribution in [-0.4, -0.2) is 78.8 Å². The molecule has 2 aromatic carbocycles. The van der Waals surface area contributed by atoms with Crippen molar-refractivity contribution >= 4 is 21.8 Å². The number of amides is 2. The first-order valence-electron chi connectivity index (χ1n) is 14.5. The van der Waals surface area contributed by atoms with Gasteiger partial charge in [-0.15, -0.1) is 0 Å². The molecular weight excluding hydrogens is 570 g/mol. The molecule has 0 spiro atoms. The molecule has 2 aliphatic rings. The Kier molecular flexibility index (Phi) is 9.07. The lowest BCUT2D eigenvalue weighted by molar-refractivity contribution is 0.0682. The Morgan fingerprint density at radius 2 is 1.77 bits per heavy atom. The summed E-state index contributed by atoms with van der Waals surface area (Å²) in [4.78, 5) is 27.7. The first-order valence-corrected chi connectivity index (χ1v) is 16.3. The average Bonchev–Trinajstić information content (AvgIpc) is 3.79. The van der Waals surface area contributed by atoms with Crippen LogP contribution >= 0.6 is 0 Å². The van der Waals surface area contributed by atoms with Crippen molar-refractivity contribution in [2.75, 3.05) is 33.5 Å². The van der Waals surface area contributed by atoms with Crippen molar-refractivity contribution < 1.29 is 27.5 Å². The third-order valence-corrected chi connectivity index (χ3v) is 9.49. The van der Waals surface area contributed by atoms with E-state index in [1.165, 1.54) is 10.6 Å². The predicted molar refractivity (Wildman–Crippen MR) is 162 cm³/mol. The summed E-state index contributed by atoms with van der Waals surface area (Å²) < 4.78 is 38.4. The Morgan fingerprint density at radius 3 is 2.40 bits per heavy atom. The molecule has 43 heavy (non-hydrogen) atoms. The highest BCUT2D eigenvalue weighted by atomic mass is 32.2. The van der Waals surface area contributed by atoms with Crippen molar-refractivity contribution in [3.63, 3.8) is 0 Å². The zero-order chi connectivity index (χ0) is 30.7. The number of aromatic nitrogens is 2. The molecule has 0 bridgehead atoms. The molecule has 1 saturated heterocycles. The van der Waals surface area contributed by atoms with E-state index < -0.39 is 10.0 Å². The molecule has 3 aromatic rings. The van der Waals surface area contributed by atoms with Crippen LogP contribution in [0.15, 0.2) is 48.5 Å². The van der Waals surface area contributed by atoms with Gasteiger partial charge in [-0.2, -0.15) is 5.10 Å². The van der Waals surface area contributed by atoms with Crippen LogP contribution in [0.3, 0.4) is 0 Å². The summed E-state index contributed by atoms with van der Waals surface area (Å²) in [7, 11) is 1.90. The van der Waals surface area contributed by atoms with E-state index in [4.69, 9.17) is 9.47 Å². The number of piperidine rings is 1. The number of sulfonamides is 1. The fourth-order valence-corrected chi connectivity index (χ4v) is 6.30. The van der Waals surface area contributed by atoms with Gasteiger partial charge in [0, 0.05) is 56.8 Å². The molecular formula is C31H39N5O6S. The van der Waals surface area contributed by atoms with E-state index >= 15 is 0 Å². The van der Waals surface area contributed by atoms with Crippen LogP contribution in [0.2, 0.25) is 0 Å². The second kappa shape index (κ2) is 12.8. The third-order valence-electron chi connectivity index (χ3n) is 8.19. The molecule has 2 heterocycles. The van der Waals surface area contributed by atoms with Crippen LogP contribution < -0.4 is 14.8 Å². The lowest BCUT2D eigenvalue weighted by atomic mass is 10.0. The molecule has 2 fully saturated rings. The van der Waals surface area contributed by atoms with E-state index in [1.807, 2.05) is 36.4 Å². The SMILES string of the molecule is COc1c(CNC(=O)c2cc(C3CC3)nn2C)cccc1OCc1ccc(C(=O)N(C)C2CCN(S(C)(=O)=O)CC2)cc1. The van der Waals surface area contributed by atoms with Crippen LogP contribution in [-0.2, 0) is 30.2 Å². The first-order chi connectivity index (χ1) is 20.5. The van der Waals surface area contributed by atoms with Crippen molar-refractivity contribution in [1.29, 1.82) is 0 Å². The maximum absolute atomic E-state index is 13.1. The Labute approximate surface area is 252 Å². The molecule has 1 saturated carbocycles. The van der Waals surface area contributed by atoms with Gasteiger partial charge in [-0.1, -0.05) is 24.3 Å². The average molecular weight is 610 g/mol. The van der Waals surface area contributed by atoms with Crippen LogP contribution in [0.5, 0.6) is 11.5 Å². The number of hydrogen-bond donors (Lipinski definition) is 1. The summed E-state index contributed by atoms with van der Waals surface area (Å²) in [5.41, 5.74) is 3.72. The van der Waals surface area contributed by atoms with Gasteiger partial charge in [0.1, 0.15) is 12.3 Å². The molecule has 1 aliphatic carbocycles. The van der Waals surface area contributed by atoms with Gasteiger partial charge in [0.15, 0.2) is 11.5 Å². The van der Waals surface area contributed by atoms with Gasteiger partial charge in [0.2, 0.25) is 10.0 Å². The molecule has 230 valence electrons. The summed E-state index contributed by atoms with van der Waals surface area (Å²) in [6, 6.07) is 14.7. The Balaban J connectivity index is 1.16. The van der Waals surface area contributed by atoms with Crippen LogP contribution in [0.25, 0.3) is 0 Å². The largest absolute Gasteiger partial charge is 0.493 e. The number of nitrogens with zero attached hydrogens (tertiary/aromatic N) is 4. The molecule has 0 unspecified atom stereocenters. The van der Waals surface area contributed by atoms with Crippen molar-refractivity contribution in [3.05, 3.63) is 76.6 Å². The van der Waals surface area contributed by atoms with Crippen LogP contribution in [0.4, 0.5) is 0 Å². The summed E-state index contributed by atoms with van der Waals surface area (Å²) in [6.45, 7) is 1.36. The zero-order valence-electron chi connectivity index (χ0n) is 25.1. The zero-order valence-corrected chi connectivity index (χ0v) is 25.9. The number of rotatable bonds is 11. The fourth-order valence-electron chi connectivity index (χ4n) is 5.43. The molecule has 1 aliphatic heterocycles. The molecule has 2 amide bonds. The molecule has 12 heteroatoms. The number of methoxy groups -OCH3 is 1. The number of carbonyl (C=O) groups is 2. The molecule has 1 N–H and O–H groups in total. The highest BCUT2D eigenvalue weighted by Gasteiger charge is 2.30. The van der Waals surface area contributed by atoms with Gasteiger partial charge in [0.25, 0.3) is 11.8 Å². The van der Waals surface area contributed by atoms with E-state index in [0.717, 1.165) is 29.7 Å². The first kappa shape index (κ1) is 30.6. The lowest BCUT2D eigenvalue weighted by Crippen LogP contribution is -2.47. The lowest BCUT2D eigenvalue weighted by Gasteiger charge is -2.35. The van der Waals surface area contributed by atoms with Crippen molar-refractivity contribution in [1.82, 2.24) is 24.3 Å². The Morgan fingerprint density at radius 1 is 1.07 bits per heavy atom. The summed E-state index contributed by atoms with van der Waals surface area (Å²) in [5, 5.41) is 7.44. The highest BCUT2D eigenvalue weighted by Crippen LogP contribution is 2.39. The monoisotopic (exact) mass is 609 g/mol. The maximum Gasteiger partial charge on any atom is 0.269 e. The maximum atomic E-state index is 13.1. The Hall–Kier alpha value is -3.90. The number of carbonyl (C=O) groups excluding carboxylic acids is 2. The number of nitrogens with one attached hydrogen (secondary N) is 1. The van der Waals surface area contributed by atoms with E-state index in [2.05, 4.69) is 10.4 Å². The second-order valence-electron chi connectivity index (χ2n) is 11.3. The minimum atomic E-state index is -3.21. The van der Waals surface area contributed by atoms with Gasteiger partial charge in [-0.25, -0.2) is 12.7 Å². The molecule has 0 atom stereocenters. The fraction of sp³-hybridized carbons (Fsp3) is 0.452. The van der Waals surface area contributed by atoms with E-state index in [9.17, 15) is 18.0 Å². The van der Waals surface area contributed by atoms with E-state index in [1.54, 1.807) is 42.9 Å². The molecule has 0 radical (unpaired) electrons. The minimum absolute atomic E-state index is 0.0117. The summed E-state index contributed by atoms with van der Waals surface area (Å²) in [6.07, 6.45) is 4.68. The highest BCUT2D eigenvalue weighted by molar-refractivity contribution is 7.88. The number of benzene rings is 2. The summed E-state index contributed by atoms with van der Waals surface area (Å²) in [5.74, 6) is 1.26. The van der Waals surface area contributed by atoms with Gasteiger partial charge < -0.3 is 19.7 Å². The topological polar surface area (TPSA) is 123 Å². The molecule has 5 rings (SSSR count). The smallest absolute Gasteiger partial charge is 0.269 e. The number of aryl methyl sites for hydroxylation is 1. The van der Waals surface area contributed by atoms with Gasteiger partial charge in [-0.3, -0.25) is 14.3 Å². The standard InChI is InChI=1S/C31H39N5O6S/c1-34(25-14-16-36(17-15-25)43(4,39)40)31(38)23-10-8-21(9-11-23)20-42-28-7-5-6-24(29(28)41-3)19-32-30(37)27-18-26(22-12-13-22)33-35(27)2/h5-11,18,22,25H,12-17,19-20H2,1-4H3,(H,32,37). The third kappa shape index (κ3) is 7.19. The van der Waals surface area contributed by atoms with Crippen LogP contribution in [0, 0.1) is 0 Å².